The van der Waals surface area contributed by atoms with E-state index in [1.165, 1.54) is 12.1 Å². The second kappa shape index (κ2) is 9.11. The van der Waals surface area contributed by atoms with E-state index in [4.69, 9.17) is 16.3 Å². The largest absolute Gasteiger partial charge is 0.384 e. The molecule has 2 rings (SSSR count). The van der Waals surface area contributed by atoms with E-state index >= 15 is 0 Å². The van der Waals surface area contributed by atoms with Gasteiger partial charge in [-0.25, -0.2) is 13.1 Å². The molecule has 0 radical (unpaired) electrons. The van der Waals surface area contributed by atoms with Crippen LogP contribution in [0.2, 0.25) is 5.02 Å². The monoisotopic (exact) mass is 413 g/mol. The summed E-state index contributed by atoms with van der Waals surface area (Å²) < 4.78 is 32.9. The highest BCUT2D eigenvalue weighted by atomic mass is 35.5. The maximum absolute atomic E-state index is 12.6. The minimum Gasteiger partial charge on any atom is -0.384 e. The van der Waals surface area contributed by atoms with Crippen LogP contribution in [0, 0.1) is 15.5 Å². The molecule has 1 aliphatic heterocycles. The smallest absolute Gasteiger partial charge is 0.290 e. The SMILES string of the molecule is COCC1(CNS(=O)(=O)c2c(Cl)cccc2[N+](=O)[O-])CCNCC1.Cl. The Kier molecular flexibility index (Phi) is 8.04. The number of benzene rings is 1. The number of hydrogen-bond donors (Lipinski definition) is 2. The number of halogens is 2. The van der Waals surface area contributed by atoms with E-state index < -0.39 is 25.5 Å². The summed E-state index contributed by atoms with van der Waals surface area (Å²) in [5.41, 5.74) is -0.885. The van der Waals surface area contributed by atoms with E-state index in [9.17, 15) is 18.5 Å². The Hall–Kier alpha value is -0.970. The van der Waals surface area contributed by atoms with Crippen molar-refractivity contribution < 1.29 is 18.1 Å². The lowest BCUT2D eigenvalue weighted by atomic mass is 9.80. The van der Waals surface area contributed by atoms with Crippen molar-refractivity contribution in [1.29, 1.82) is 0 Å². The van der Waals surface area contributed by atoms with Crippen LogP contribution in [0.15, 0.2) is 23.1 Å². The summed E-state index contributed by atoms with van der Waals surface area (Å²) in [5, 5.41) is 14.2. The lowest BCUT2D eigenvalue weighted by Gasteiger charge is -2.37. The Balaban J connectivity index is 0.00000312. The lowest BCUT2D eigenvalue weighted by molar-refractivity contribution is -0.387. The van der Waals surface area contributed by atoms with Gasteiger partial charge in [-0.2, -0.15) is 0 Å². The molecule has 142 valence electrons. The van der Waals surface area contributed by atoms with Crippen LogP contribution in [-0.2, 0) is 14.8 Å². The molecule has 1 heterocycles. The number of hydrogen-bond acceptors (Lipinski definition) is 6. The molecular formula is C14H21Cl2N3O5S. The number of nitro benzene ring substituents is 1. The van der Waals surface area contributed by atoms with Gasteiger partial charge in [0.15, 0.2) is 4.90 Å². The third-order valence-electron chi connectivity index (χ3n) is 4.16. The summed E-state index contributed by atoms with van der Waals surface area (Å²) in [5.74, 6) is 0. The standard InChI is InChI=1S/C14H20ClN3O5S.ClH/c1-23-10-14(5-7-16-8-6-14)9-17-24(21,22)13-11(15)3-2-4-12(13)18(19)20;/h2-4,16-17H,5-10H2,1H3;1H. The Morgan fingerprint density at radius 3 is 2.60 bits per heavy atom. The molecule has 0 bridgehead atoms. The molecule has 1 aromatic rings. The van der Waals surface area contributed by atoms with Crippen LogP contribution >= 0.6 is 24.0 Å². The summed E-state index contributed by atoms with van der Waals surface area (Å²) in [6, 6.07) is 3.78. The minimum atomic E-state index is -4.12. The summed E-state index contributed by atoms with van der Waals surface area (Å²) in [4.78, 5) is 9.86. The summed E-state index contributed by atoms with van der Waals surface area (Å²) in [6.07, 6.45) is 1.49. The maximum Gasteiger partial charge on any atom is 0.290 e. The maximum atomic E-state index is 12.6. The molecule has 8 nitrogen and oxygen atoms in total. The van der Waals surface area contributed by atoms with Gasteiger partial charge in [-0.3, -0.25) is 10.1 Å². The van der Waals surface area contributed by atoms with Crippen LogP contribution < -0.4 is 10.0 Å². The van der Waals surface area contributed by atoms with E-state index in [2.05, 4.69) is 10.0 Å². The average Bonchev–Trinajstić information content (AvgIpc) is 2.54. The molecule has 0 unspecified atom stereocenters. The van der Waals surface area contributed by atoms with Crippen LogP contribution in [0.4, 0.5) is 5.69 Å². The van der Waals surface area contributed by atoms with Gasteiger partial charge in [0.2, 0.25) is 10.0 Å². The van der Waals surface area contributed by atoms with Gasteiger partial charge >= 0.3 is 0 Å². The molecule has 0 atom stereocenters. The fraction of sp³-hybridized carbons (Fsp3) is 0.571. The van der Waals surface area contributed by atoms with Crippen LogP contribution in [0.25, 0.3) is 0 Å². The van der Waals surface area contributed by atoms with Crippen LogP contribution in [0.1, 0.15) is 12.8 Å². The first-order chi connectivity index (χ1) is 11.3. The van der Waals surface area contributed by atoms with Crippen molar-refractivity contribution in [2.75, 3.05) is 33.4 Å². The number of nitrogens with zero attached hydrogens (tertiary/aromatic N) is 1. The fourth-order valence-corrected chi connectivity index (χ4v) is 4.72. The number of methoxy groups -OCH3 is 1. The number of sulfonamides is 1. The summed E-state index contributed by atoms with van der Waals surface area (Å²) >= 11 is 5.92. The van der Waals surface area contributed by atoms with Gasteiger partial charge in [0.25, 0.3) is 5.69 Å². The van der Waals surface area contributed by atoms with Gasteiger partial charge in [0.05, 0.1) is 16.6 Å². The van der Waals surface area contributed by atoms with Crippen LogP contribution in [-0.4, -0.2) is 46.7 Å². The molecule has 2 N–H and O–H groups in total. The van der Waals surface area contributed by atoms with Crippen LogP contribution in [0.3, 0.4) is 0 Å². The zero-order valence-corrected chi connectivity index (χ0v) is 16.0. The van der Waals surface area contributed by atoms with Crippen molar-refractivity contribution in [2.24, 2.45) is 5.41 Å². The molecule has 0 aromatic heterocycles. The Labute approximate surface area is 157 Å². The third-order valence-corrected chi connectivity index (χ3v) is 6.08. The molecule has 11 heteroatoms. The Morgan fingerprint density at radius 2 is 2.04 bits per heavy atom. The third kappa shape index (κ3) is 5.25. The zero-order chi connectivity index (χ0) is 17.8. The van der Waals surface area contributed by atoms with Gasteiger partial charge in [0, 0.05) is 25.1 Å². The number of nitro groups is 1. The van der Waals surface area contributed by atoms with Gasteiger partial charge in [-0.05, 0) is 32.0 Å². The first kappa shape index (κ1) is 22.1. The Morgan fingerprint density at radius 1 is 1.40 bits per heavy atom. The van der Waals surface area contributed by atoms with Gasteiger partial charge < -0.3 is 10.1 Å². The topological polar surface area (TPSA) is 111 Å². The van der Waals surface area contributed by atoms with Crippen molar-refractivity contribution in [3.8, 4) is 0 Å². The molecule has 1 saturated heterocycles. The van der Waals surface area contributed by atoms with E-state index in [-0.39, 0.29) is 29.4 Å². The predicted octanol–water partition coefficient (Wildman–Crippen LogP) is 1.96. The molecular weight excluding hydrogens is 393 g/mol. The van der Waals surface area contributed by atoms with E-state index in [1.54, 1.807) is 7.11 Å². The molecule has 0 spiro atoms. The highest BCUT2D eigenvalue weighted by Crippen LogP contribution is 2.33. The number of nitrogens with one attached hydrogen (secondary N) is 2. The molecule has 0 amide bonds. The fourth-order valence-electron chi connectivity index (χ4n) is 2.86. The van der Waals surface area contributed by atoms with Gasteiger partial charge in [0.1, 0.15) is 0 Å². The van der Waals surface area contributed by atoms with Crippen LogP contribution in [0.5, 0.6) is 0 Å². The average molecular weight is 414 g/mol. The number of ether oxygens (including phenoxy) is 1. The first-order valence-electron chi connectivity index (χ1n) is 7.44. The van der Waals surface area contributed by atoms with Gasteiger partial charge in [-0.15, -0.1) is 12.4 Å². The van der Waals surface area contributed by atoms with Crippen molar-refractivity contribution >= 4 is 39.7 Å². The zero-order valence-electron chi connectivity index (χ0n) is 13.7. The lowest BCUT2D eigenvalue weighted by Crippen LogP contribution is -2.47. The molecule has 0 saturated carbocycles. The van der Waals surface area contributed by atoms with Crippen molar-refractivity contribution in [2.45, 2.75) is 17.7 Å². The summed E-state index contributed by atoms with van der Waals surface area (Å²) in [6.45, 7) is 2.06. The quantitative estimate of drug-likeness (QED) is 0.521. The molecule has 0 aliphatic carbocycles. The normalized spacial score (nSPS) is 16.9. The Bertz CT molecular complexity index is 703. The van der Waals surface area contributed by atoms with Crippen molar-refractivity contribution in [3.63, 3.8) is 0 Å². The molecule has 1 aromatic carbocycles. The summed E-state index contributed by atoms with van der Waals surface area (Å²) in [7, 11) is -2.56. The second-order valence-electron chi connectivity index (χ2n) is 5.85. The molecule has 25 heavy (non-hydrogen) atoms. The second-order valence-corrected chi connectivity index (χ2v) is 7.96. The van der Waals surface area contributed by atoms with E-state index in [0.29, 0.717) is 6.61 Å². The highest BCUT2D eigenvalue weighted by molar-refractivity contribution is 7.89. The minimum absolute atomic E-state index is 0. The van der Waals surface area contributed by atoms with E-state index in [1.807, 2.05) is 0 Å². The van der Waals surface area contributed by atoms with Crippen molar-refractivity contribution in [3.05, 3.63) is 33.3 Å². The first-order valence-corrected chi connectivity index (χ1v) is 9.30. The molecule has 1 fully saturated rings. The highest BCUT2D eigenvalue weighted by Gasteiger charge is 2.35. The van der Waals surface area contributed by atoms with Crippen molar-refractivity contribution in [1.82, 2.24) is 10.0 Å². The number of piperidine rings is 1. The predicted molar refractivity (Wildman–Crippen MR) is 97.0 cm³/mol. The van der Waals surface area contributed by atoms with E-state index in [0.717, 1.165) is 32.0 Å². The molecule has 1 aliphatic rings. The van der Waals surface area contributed by atoms with Gasteiger partial charge in [-0.1, -0.05) is 17.7 Å². The number of rotatable bonds is 7.